The monoisotopic (exact) mass is 210 g/mol. The van der Waals surface area contributed by atoms with E-state index in [2.05, 4.69) is 6.07 Å². The van der Waals surface area contributed by atoms with Crippen molar-refractivity contribution < 1.29 is 14.7 Å². The lowest BCUT2D eigenvalue weighted by molar-refractivity contribution is -0.173. The van der Waals surface area contributed by atoms with Crippen molar-refractivity contribution in [3.8, 4) is 6.07 Å². The summed E-state index contributed by atoms with van der Waals surface area (Å²) in [4.78, 5) is 15.2. The smallest absolute Gasteiger partial charge is 0.448 e. The molecular formula is C10H14N2O3. The highest BCUT2D eigenvalue weighted by atomic mass is 16.8. The first-order valence-corrected chi connectivity index (χ1v) is 5.27. The third-order valence-electron chi connectivity index (χ3n) is 3.33. The molecule has 0 spiro atoms. The largest absolute Gasteiger partial charge is 0.525 e. The molecule has 1 N–H and O–H groups in total. The molecule has 0 amide bonds. The minimum absolute atomic E-state index is 0.193. The average molecular weight is 210 g/mol. The molecule has 2 aliphatic rings. The summed E-state index contributed by atoms with van der Waals surface area (Å²) in [5.74, 6) is 0.418. The lowest BCUT2D eigenvalue weighted by Gasteiger charge is -2.35. The summed E-state index contributed by atoms with van der Waals surface area (Å²) in [7, 11) is 0. The Bertz CT molecular complexity index is 286. The van der Waals surface area contributed by atoms with Gasteiger partial charge in [-0.3, -0.25) is 0 Å². The van der Waals surface area contributed by atoms with Crippen molar-refractivity contribution in [2.75, 3.05) is 0 Å². The first-order valence-electron chi connectivity index (χ1n) is 5.27. The average Bonchev–Trinajstić information content (AvgIpc) is 2.43. The van der Waals surface area contributed by atoms with Crippen molar-refractivity contribution >= 4 is 6.16 Å². The lowest BCUT2D eigenvalue weighted by Crippen LogP contribution is -2.43. The topological polar surface area (TPSA) is 73.6 Å². The molecule has 2 unspecified atom stereocenters. The molecular weight excluding hydrogens is 196 g/mol. The highest BCUT2D eigenvalue weighted by molar-refractivity contribution is 5.56. The number of piperidine rings is 1. The van der Waals surface area contributed by atoms with Crippen molar-refractivity contribution in [3.63, 3.8) is 0 Å². The number of rotatable bonds is 2. The SMILES string of the molecule is N#CCC1CC2CCC(C1)N2OC(=O)O. The van der Waals surface area contributed by atoms with Gasteiger partial charge in [-0.25, -0.2) is 4.79 Å². The van der Waals surface area contributed by atoms with Gasteiger partial charge in [0.05, 0.1) is 6.07 Å². The van der Waals surface area contributed by atoms with Crippen LogP contribution in [0.15, 0.2) is 0 Å². The Balaban J connectivity index is 1.97. The van der Waals surface area contributed by atoms with E-state index >= 15 is 0 Å². The Morgan fingerprint density at radius 3 is 2.53 bits per heavy atom. The number of hydrogen-bond donors (Lipinski definition) is 1. The Morgan fingerprint density at radius 1 is 1.47 bits per heavy atom. The molecule has 0 aliphatic carbocycles. The van der Waals surface area contributed by atoms with Crippen LogP contribution in [0.5, 0.6) is 0 Å². The predicted octanol–water partition coefficient (Wildman–Crippen LogP) is 1.75. The first kappa shape index (κ1) is 10.2. The van der Waals surface area contributed by atoms with Crippen LogP contribution in [-0.2, 0) is 4.84 Å². The second kappa shape index (κ2) is 4.07. The van der Waals surface area contributed by atoms with Crippen molar-refractivity contribution in [1.29, 1.82) is 5.26 Å². The number of fused-ring (bicyclic) bond motifs is 2. The molecule has 2 rings (SSSR count). The molecule has 5 heteroatoms. The Hall–Kier alpha value is -1.28. The third-order valence-corrected chi connectivity index (χ3v) is 3.33. The van der Waals surface area contributed by atoms with Crippen LogP contribution in [0.1, 0.15) is 32.1 Å². The van der Waals surface area contributed by atoms with Crippen molar-refractivity contribution in [1.82, 2.24) is 5.06 Å². The second-order valence-electron chi connectivity index (χ2n) is 4.30. The fourth-order valence-electron chi connectivity index (χ4n) is 2.78. The number of nitrogens with zero attached hydrogens (tertiary/aromatic N) is 2. The van der Waals surface area contributed by atoms with Gasteiger partial charge in [-0.15, -0.1) is 5.06 Å². The zero-order valence-electron chi connectivity index (χ0n) is 8.43. The van der Waals surface area contributed by atoms with Gasteiger partial charge in [0.1, 0.15) is 0 Å². The second-order valence-corrected chi connectivity index (χ2v) is 4.30. The van der Waals surface area contributed by atoms with Crippen LogP contribution in [0.3, 0.4) is 0 Å². The fraction of sp³-hybridized carbons (Fsp3) is 0.800. The minimum atomic E-state index is -1.23. The number of carbonyl (C=O) groups is 1. The fourth-order valence-corrected chi connectivity index (χ4v) is 2.78. The molecule has 2 saturated heterocycles. The van der Waals surface area contributed by atoms with Gasteiger partial charge in [0.25, 0.3) is 0 Å². The van der Waals surface area contributed by atoms with E-state index in [1.807, 2.05) is 0 Å². The van der Waals surface area contributed by atoms with E-state index in [0.29, 0.717) is 12.3 Å². The summed E-state index contributed by atoms with van der Waals surface area (Å²) in [5, 5.41) is 18.8. The van der Waals surface area contributed by atoms with Crippen LogP contribution < -0.4 is 0 Å². The Morgan fingerprint density at radius 2 is 2.07 bits per heavy atom. The minimum Gasteiger partial charge on any atom is -0.448 e. The quantitative estimate of drug-likeness (QED) is 0.751. The van der Waals surface area contributed by atoms with Crippen LogP contribution >= 0.6 is 0 Å². The van der Waals surface area contributed by atoms with E-state index in [9.17, 15) is 4.79 Å². The summed E-state index contributed by atoms with van der Waals surface area (Å²) in [6, 6.07) is 2.57. The molecule has 15 heavy (non-hydrogen) atoms. The van der Waals surface area contributed by atoms with Crippen LogP contribution in [0.4, 0.5) is 4.79 Å². The van der Waals surface area contributed by atoms with Gasteiger partial charge >= 0.3 is 6.16 Å². The molecule has 2 heterocycles. The van der Waals surface area contributed by atoms with Crippen molar-refractivity contribution in [3.05, 3.63) is 0 Å². The molecule has 2 fully saturated rings. The summed E-state index contributed by atoms with van der Waals surface area (Å²) >= 11 is 0. The van der Waals surface area contributed by atoms with E-state index in [0.717, 1.165) is 25.7 Å². The molecule has 0 radical (unpaired) electrons. The molecule has 2 aliphatic heterocycles. The maximum absolute atomic E-state index is 10.5. The van der Waals surface area contributed by atoms with Crippen LogP contribution in [-0.4, -0.2) is 28.4 Å². The molecule has 0 aromatic carbocycles. The molecule has 82 valence electrons. The molecule has 0 saturated carbocycles. The Labute approximate surface area is 88.2 Å². The van der Waals surface area contributed by atoms with E-state index in [-0.39, 0.29) is 12.1 Å². The standard InChI is InChI=1S/C10H14N2O3/c11-4-3-7-5-8-1-2-9(6-7)12(8)15-10(13)14/h7-9H,1-3,5-6H2,(H,13,14). The van der Waals surface area contributed by atoms with Crippen molar-refractivity contribution in [2.45, 2.75) is 44.2 Å². The highest BCUT2D eigenvalue weighted by Crippen LogP contribution is 2.39. The highest BCUT2D eigenvalue weighted by Gasteiger charge is 2.43. The summed E-state index contributed by atoms with van der Waals surface area (Å²) in [5.41, 5.74) is 0. The maximum atomic E-state index is 10.5. The summed E-state index contributed by atoms with van der Waals surface area (Å²) in [6.45, 7) is 0. The van der Waals surface area contributed by atoms with Crippen LogP contribution in [0, 0.1) is 17.2 Å². The molecule has 2 atom stereocenters. The molecule has 0 aromatic heterocycles. The number of nitriles is 1. The van der Waals surface area contributed by atoms with Gasteiger partial charge in [-0.1, -0.05) is 0 Å². The van der Waals surface area contributed by atoms with Gasteiger partial charge < -0.3 is 9.94 Å². The molecule has 2 bridgehead atoms. The Kier molecular flexibility index (Phi) is 2.78. The van der Waals surface area contributed by atoms with Crippen LogP contribution in [0.25, 0.3) is 0 Å². The van der Waals surface area contributed by atoms with E-state index in [4.69, 9.17) is 15.2 Å². The zero-order valence-corrected chi connectivity index (χ0v) is 8.43. The number of hydrogen-bond acceptors (Lipinski definition) is 4. The van der Waals surface area contributed by atoms with Crippen molar-refractivity contribution in [2.24, 2.45) is 5.92 Å². The lowest BCUT2D eigenvalue weighted by atomic mass is 9.90. The molecule has 5 nitrogen and oxygen atoms in total. The number of hydroxylamine groups is 2. The van der Waals surface area contributed by atoms with Gasteiger partial charge in [-0.2, -0.15) is 5.26 Å². The summed E-state index contributed by atoms with van der Waals surface area (Å²) in [6.07, 6.45) is 3.09. The maximum Gasteiger partial charge on any atom is 0.525 e. The van der Waals surface area contributed by atoms with E-state index < -0.39 is 6.16 Å². The van der Waals surface area contributed by atoms with Gasteiger partial charge in [0.2, 0.25) is 0 Å². The van der Waals surface area contributed by atoms with Gasteiger partial charge in [0, 0.05) is 18.5 Å². The predicted molar refractivity (Wildman–Crippen MR) is 50.7 cm³/mol. The normalized spacial score (nSPS) is 34.7. The number of carboxylic acid groups (broad SMARTS) is 1. The molecule has 0 aromatic rings. The zero-order chi connectivity index (χ0) is 10.8. The van der Waals surface area contributed by atoms with Gasteiger partial charge in [0.15, 0.2) is 0 Å². The first-order chi connectivity index (χ1) is 7.20. The van der Waals surface area contributed by atoms with E-state index in [1.54, 1.807) is 5.06 Å². The van der Waals surface area contributed by atoms with Gasteiger partial charge in [-0.05, 0) is 31.6 Å². The summed E-state index contributed by atoms with van der Waals surface area (Å²) < 4.78 is 0. The van der Waals surface area contributed by atoms with Crippen LogP contribution in [0.2, 0.25) is 0 Å². The third kappa shape index (κ3) is 2.05. The van der Waals surface area contributed by atoms with E-state index in [1.165, 1.54) is 0 Å².